The van der Waals surface area contributed by atoms with E-state index in [1.807, 2.05) is 41.6 Å². The van der Waals surface area contributed by atoms with Crippen LogP contribution in [0.5, 0.6) is 0 Å². The lowest BCUT2D eigenvalue weighted by molar-refractivity contribution is 0.305. The van der Waals surface area contributed by atoms with Crippen LogP contribution in [0.25, 0.3) is 33.4 Å². The van der Waals surface area contributed by atoms with Crippen LogP contribution >= 0.6 is 11.6 Å². The van der Waals surface area contributed by atoms with Gasteiger partial charge >= 0.3 is 0 Å². The Morgan fingerprint density at radius 1 is 1.14 bits per heavy atom. The number of hydrogen-bond donors (Lipinski definition) is 3. The van der Waals surface area contributed by atoms with Gasteiger partial charge in [-0.2, -0.15) is 4.98 Å². The predicted octanol–water partition coefficient (Wildman–Crippen LogP) is 5.44. The molecule has 1 aromatic carbocycles. The lowest BCUT2D eigenvalue weighted by atomic mass is 10.1. The molecule has 0 fully saturated rings. The van der Waals surface area contributed by atoms with Crippen LogP contribution in [0.4, 0.5) is 17.5 Å². The van der Waals surface area contributed by atoms with E-state index < -0.39 is 0 Å². The summed E-state index contributed by atoms with van der Waals surface area (Å²) in [6, 6.07) is 13.8. The highest BCUT2D eigenvalue weighted by molar-refractivity contribution is 6.33. The second-order valence-electron chi connectivity index (χ2n) is 8.56. The number of aliphatic hydroxyl groups is 1. The van der Waals surface area contributed by atoms with Gasteiger partial charge in [0.1, 0.15) is 11.5 Å². The molecule has 4 aromatic heterocycles. The SMILES string of the molecule is CC(C)n1ccc(-c2cnc3[nH]cc(-c4cc(N(CCO)c5ccccc5Cl)nc(N)n4)c3c2)c1. The zero-order valence-electron chi connectivity index (χ0n) is 19.5. The van der Waals surface area contributed by atoms with Crippen LogP contribution in [0.2, 0.25) is 5.02 Å². The standard InChI is InChI=1S/C26H26ClN7O/c1-16(2)33-8-7-17(15-33)18-11-19-20(14-30-25(19)29-13-18)22-12-24(32-26(28)31-22)34(9-10-35)23-6-4-3-5-21(23)27/h3-8,11-16,35H,9-10H2,1-2H3,(H,29,30)(H2,28,31,32). The Kier molecular flexibility index (Phi) is 6.15. The summed E-state index contributed by atoms with van der Waals surface area (Å²) >= 11 is 6.45. The van der Waals surface area contributed by atoms with Crippen LogP contribution in [0.15, 0.2) is 67.3 Å². The number of pyridine rings is 1. The molecule has 0 spiro atoms. The number of aromatic amines is 1. The van der Waals surface area contributed by atoms with Gasteiger partial charge in [0.2, 0.25) is 5.95 Å². The fraction of sp³-hybridized carbons (Fsp3) is 0.192. The topological polar surface area (TPSA) is 109 Å². The van der Waals surface area contributed by atoms with Gasteiger partial charge in [0.15, 0.2) is 0 Å². The number of nitrogens with one attached hydrogen (secondary N) is 1. The van der Waals surface area contributed by atoms with E-state index in [0.717, 1.165) is 33.4 Å². The first kappa shape index (κ1) is 22.9. The molecule has 5 rings (SSSR count). The van der Waals surface area contributed by atoms with E-state index in [4.69, 9.17) is 17.3 Å². The molecule has 0 aliphatic rings. The van der Waals surface area contributed by atoms with Crippen molar-refractivity contribution in [3.63, 3.8) is 0 Å². The Hall–Kier alpha value is -3.88. The summed E-state index contributed by atoms with van der Waals surface area (Å²) in [7, 11) is 0. The Morgan fingerprint density at radius 2 is 1.97 bits per heavy atom. The Labute approximate surface area is 208 Å². The molecule has 0 amide bonds. The van der Waals surface area contributed by atoms with Gasteiger partial charge in [-0.05, 0) is 38.1 Å². The third kappa shape index (κ3) is 4.45. The lowest BCUT2D eigenvalue weighted by Gasteiger charge is -2.24. The van der Waals surface area contributed by atoms with Gasteiger partial charge in [-0.1, -0.05) is 23.7 Å². The number of nitrogens with zero attached hydrogens (tertiary/aromatic N) is 5. The summed E-state index contributed by atoms with van der Waals surface area (Å²) < 4.78 is 2.17. The van der Waals surface area contributed by atoms with Gasteiger partial charge in [-0.25, -0.2) is 9.97 Å². The van der Waals surface area contributed by atoms with E-state index >= 15 is 0 Å². The Morgan fingerprint density at radius 3 is 2.71 bits per heavy atom. The second-order valence-corrected chi connectivity index (χ2v) is 8.97. The van der Waals surface area contributed by atoms with E-state index in [2.05, 4.69) is 62.9 Å². The third-order valence-corrected chi connectivity index (χ3v) is 6.24. The molecule has 0 bridgehead atoms. The molecular weight excluding hydrogens is 462 g/mol. The maximum atomic E-state index is 9.71. The van der Waals surface area contributed by atoms with E-state index in [0.29, 0.717) is 29.1 Å². The highest BCUT2D eigenvalue weighted by Crippen LogP contribution is 2.35. The molecule has 4 heterocycles. The van der Waals surface area contributed by atoms with Crippen LogP contribution in [0.1, 0.15) is 19.9 Å². The highest BCUT2D eigenvalue weighted by Gasteiger charge is 2.18. The van der Waals surface area contributed by atoms with Gasteiger partial charge in [-0.15, -0.1) is 0 Å². The quantitative estimate of drug-likeness (QED) is 0.282. The van der Waals surface area contributed by atoms with Crippen molar-refractivity contribution in [1.29, 1.82) is 0 Å². The van der Waals surface area contributed by atoms with Crippen molar-refractivity contribution in [2.45, 2.75) is 19.9 Å². The number of fused-ring (bicyclic) bond motifs is 1. The van der Waals surface area contributed by atoms with Gasteiger partial charge in [0.05, 0.1) is 23.0 Å². The van der Waals surface area contributed by atoms with E-state index in [1.54, 1.807) is 6.07 Å². The van der Waals surface area contributed by atoms with Crippen LogP contribution in [-0.2, 0) is 0 Å². The number of rotatable bonds is 7. The first-order valence-electron chi connectivity index (χ1n) is 11.4. The van der Waals surface area contributed by atoms with Crippen molar-refractivity contribution in [2.24, 2.45) is 0 Å². The normalized spacial score (nSPS) is 11.5. The summed E-state index contributed by atoms with van der Waals surface area (Å²) in [6.07, 6.45) is 7.93. The number of halogens is 1. The average molecular weight is 488 g/mol. The van der Waals surface area contributed by atoms with Gasteiger partial charge in [-0.3, -0.25) is 0 Å². The van der Waals surface area contributed by atoms with Crippen molar-refractivity contribution in [2.75, 3.05) is 23.8 Å². The molecule has 0 aliphatic carbocycles. The fourth-order valence-corrected chi connectivity index (χ4v) is 4.37. The summed E-state index contributed by atoms with van der Waals surface area (Å²) in [5.41, 5.74) is 11.2. The van der Waals surface area contributed by atoms with Gasteiger partial charge < -0.3 is 25.3 Å². The minimum absolute atomic E-state index is 0.0825. The summed E-state index contributed by atoms with van der Waals surface area (Å²) in [5.74, 6) is 0.669. The summed E-state index contributed by atoms with van der Waals surface area (Å²) in [6.45, 7) is 4.51. The van der Waals surface area contributed by atoms with Crippen LogP contribution < -0.4 is 10.6 Å². The van der Waals surface area contributed by atoms with Crippen LogP contribution in [0, 0.1) is 0 Å². The molecule has 5 aromatic rings. The number of nitrogens with two attached hydrogens (primary N) is 1. The second kappa shape index (κ2) is 9.40. The summed E-state index contributed by atoms with van der Waals surface area (Å²) in [4.78, 5) is 18.6. The van der Waals surface area contributed by atoms with Gasteiger partial charge in [0.25, 0.3) is 0 Å². The smallest absolute Gasteiger partial charge is 0.222 e. The molecule has 0 radical (unpaired) electrons. The van der Waals surface area contributed by atoms with Crippen molar-refractivity contribution in [1.82, 2.24) is 24.5 Å². The number of benzene rings is 1. The molecule has 0 saturated heterocycles. The minimum Gasteiger partial charge on any atom is -0.395 e. The molecule has 8 nitrogen and oxygen atoms in total. The van der Waals surface area contributed by atoms with E-state index in [9.17, 15) is 5.11 Å². The highest BCUT2D eigenvalue weighted by atomic mass is 35.5. The van der Waals surface area contributed by atoms with Gasteiger partial charge in [0, 0.05) is 65.5 Å². The molecule has 0 aliphatic heterocycles. The van der Waals surface area contributed by atoms with Crippen molar-refractivity contribution in [3.05, 3.63) is 72.3 Å². The van der Waals surface area contributed by atoms with Crippen molar-refractivity contribution in [3.8, 4) is 22.4 Å². The number of para-hydroxylation sites is 1. The molecule has 0 saturated carbocycles. The number of hydrogen-bond acceptors (Lipinski definition) is 6. The maximum absolute atomic E-state index is 9.71. The molecule has 0 unspecified atom stereocenters. The zero-order valence-corrected chi connectivity index (χ0v) is 20.2. The van der Waals surface area contributed by atoms with Crippen LogP contribution in [-0.4, -0.2) is 42.8 Å². The molecule has 4 N–H and O–H groups in total. The molecule has 35 heavy (non-hydrogen) atoms. The fourth-order valence-electron chi connectivity index (χ4n) is 4.14. The minimum atomic E-state index is -0.0825. The number of anilines is 3. The number of nitrogen functional groups attached to an aromatic ring is 1. The molecule has 178 valence electrons. The Bertz CT molecular complexity index is 1490. The van der Waals surface area contributed by atoms with Crippen molar-refractivity contribution >= 4 is 40.1 Å². The average Bonchev–Trinajstić information content (AvgIpc) is 3.50. The number of H-pyrrole nitrogens is 1. The first-order valence-corrected chi connectivity index (χ1v) is 11.7. The zero-order chi connectivity index (χ0) is 24.5. The predicted molar refractivity (Wildman–Crippen MR) is 141 cm³/mol. The van der Waals surface area contributed by atoms with Crippen LogP contribution in [0.3, 0.4) is 0 Å². The maximum Gasteiger partial charge on any atom is 0.222 e. The number of aliphatic hydroxyl groups excluding tert-OH is 1. The number of aromatic nitrogens is 5. The monoisotopic (exact) mass is 487 g/mol. The largest absolute Gasteiger partial charge is 0.395 e. The Balaban J connectivity index is 1.60. The van der Waals surface area contributed by atoms with Crippen molar-refractivity contribution < 1.29 is 5.11 Å². The molecule has 0 atom stereocenters. The van der Waals surface area contributed by atoms with E-state index in [-0.39, 0.29) is 12.6 Å². The first-order chi connectivity index (χ1) is 16.9. The molecule has 9 heteroatoms. The summed E-state index contributed by atoms with van der Waals surface area (Å²) in [5, 5.41) is 11.2. The third-order valence-electron chi connectivity index (χ3n) is 5.92. The lowest BCUT2D eigenvalue weighted by Crippen LogP contribution is -2.23. The molecular formula is C26H26ClN7O. The van der Waals surface area contributed by atoms with E-state index in [1.165, 1.54) is 0 Å².